The molecular formula is C18H21NO5. The predicted molar refractivity (Wildman–Crippen MR) is 89.1 cm³/mol. The first-order valence-electron chi connectivity index (χ1n) is 7.45. The third-order valence-electron chi connectivity index (χ3n) is 3.53. The molecule has 0 unspecified atom stereocenters. The monoisotopic (exact) mass is 331 g/mol. The van der Waals surface area contributed by atoms with Crippen LogP contribution in [-0.2, 0) is 16.1 Å². The number of hydrogen-bond donors (Lipinski definition) is 1. The molecule has 24 heavy (non-hydrogen) atoms. The number of esters is 1. The average Bonchev–Trinajstić information content (AvgIpc) is 2.58. The molecule has 2 rings (SSSR count). The van der Waals surface area contributed by atoms with Crippen molar-refractivity contribution < 1.29 is 24.1 Å². The fraction of sp³-hybridized carbons (Fsp3) is 0.333. The minimum absolute atomic E-state index is 0.129. The molecule has 0 aliphatic rings. The second-order valence-corrected chi connectivity index (χ2v) is 5.33. The number of pyridine rings is 1. The highest BCUT2D eigenvalue weighted by Gasteiger charge is 2.14. The minimum atomic E-state index is -0.451. The maximum atomic E-state index is 11.2. The summed E-state index contributed by atoms with van der Waals surface area (Å²) in [5.74, 6) is 0.684. The van der Waals surface area contributed by atoms with E-state index in [4.69, 9.17) is 9.47 Å². The van der Waals surface area contributed by atoms with Crippen molar-refractivity contribution in [1.29, 1.82) is 0 Å². The van der Waals surface area contributed by atoms with Crippen LogP contribution in [0, 0.1) is 13.8 Å². The molecule has 1 aromatic carbocycles. The van der Waals surface area contributed by atoms with Crippen LogP contribution in [0.3, 0.4) is 0 Å². The zero-order valence-corrected chi connectivity index (χ0v) is 14.3. The zero-order valence-electron chi connectivity index (χ0n) is 14.3. The van der Waals surface area contributed by atoms with Crippen molar-refractivity contribution in [3.8, 4) is 22.6 Å². The van der Waals surface area contributed by atoms with E-state index in [2.05, 4.69) is 9.72 Å². The molecule has 2 aromatic rings. The van der Waals surface area contributed by atoms with Gasteiger partial charge < -0.3 is 19.3 Å². The van der Waals surface area contributed by atoms with Gasteiger partial charge in [0.25, 0.3) is 0 Å². The van der Waals surface area contributed by atoms with Crippen LogP contribution < -0.4 is 9.47 Å². The van der Waals surface area contributed by atoms with Gasteiger partial charge in [0.05, 0.1) is 26.5 Å². The SMILES string of the molecule is COC(=O)COc1cc(C)c(-c2cc(C)nc(CO)c2)c(OC)c1. The summed E-state index contributed by atoms with van der Waals surface area (Å²) in [5, 5.41) is 9.36. The second-order valence-electron chi connectivity index (χ2n) is 5.33. The number of aryl methyl sites for hydroxylation is 2. The van der Waals surface area contributed by atoms with Gasteiger partial charge in [0.2, 0.25) is 0 Å². The van der Waals surface area contributed by atoms with E-state index in [0.29, 0.717) is 17.2 Å². The molecular weight excluding hydrogens is 310 g/mol. The Morgan fingerprint density at radius 3 is 2.54 bits per heavy atom. The van der Waals surface area contributed by atoms with Crippen molar-refractivity contribution in [2.45, 2.75) is 20.5 Å². The average molecular weight is 331 g/mol. The summed E-state index contributed by atoms with van der Waals surface area (Å²) >= 11 is 0. The number of hydrogen-bond acceptors (Lipinski definition) is 6. The van der Waals surface area contributed by atoms with E-state index in [1.807, 2.05) is 32.0 Å². The molecule has 6 nitrogen and oxygen atoms in total. The lowest BCUT2D eigenvalue weighted by molar-refractivity contribution is -0.142. The van der Waals surface area contributed by atoms with Gasteiger partial charge in [0, 0.05) is 17.3 Å². The number of carbonyl (C=O) groups is 1. The van der Waals surface area contributed by atoms with Crippen LogP contribution in [0.1, 0.15) is 17.0 Å². The highest BCUT2D eigenvalue weighted by molar-refractivity contribution is 5.76. The lowest BCUT2D eigenvalue weighted by Gasteiger charge is -2.16. The maximum absolute atomic E-state index is 11.2. The van der Waals surface area contributed by atoms with Crippen molar-refractivity contribution in [3.63, 3.8) is 0 Å². The number of carbonyl (C=O) groups excluding carboxylic acids is 1. The molecule has 6 heteroatoms. The second kappa shape index (κ2) is 7.79. The van der Waals surface area contributed by atoms with Crippen LogP contribution in [0.5, 0.6) is 11.5 Å². The van der Waals surface area contributed by atoms with Gasteiger partial charge in [-0.15, -0.1) is 0 Å². The Bertz CT molecular complexity index is 742. The highest BCUT2D eigenvalue weighted by atomic mass is 16.6. The third kappa shape index (κ3) is 4.02. The number of aromatic nitrogens is 1. The molecule has 0 aliphatic carbocycles. The van der Waals surface area contributed by atoms with Crippen LogP contribution in [0.25, 0.3) is 11.1 Å². The summed E-state index contributed by atoms with van der Waals surface area (Å²) in [6.07, 6.45) is 0. The third-order valence-corrected chi connectivity index (χ3v) is 3.53. The van der Waals surface area contributed by atoms with Crippen LogP contribution >= 0.6 is 0 Å². The minimum Gasteiger partial charge on any atom is -0.496 e. The van der Waals surface area contributed by atoms with E-state index in [-0.39, 0.29) is 13.2 Å². The van der Waals surface area contributed by atoms with Crippen molar-refractivity contribution in [2.75, 3.05) is 20.8 Å². The van der Waals surface area contributed by atoms with Gasteiger partial charge in [-0.3, -0.25) is 4.98 Å². The van der Waals surface area contributed by atoms with Gasteiger partial charge >= 0.3 is 5.97 Å². The van der Waals surface area contributed by atoms with E-state index < -0.39 is 5.97 Å². The Labute approximate surface area is 141 Å². The first-order chi connectivity index (χ1) is 11.5. The molecule has 0 radical (unpaired) electrons. The smallest absolute Gasteiger partial charge is 0.343 e. The fourth-order valence-corrected chi connectivity index (χ4v) is 2.50. The maximum Gasteiger partial charge on any atom is 0.343 e. The van der Waals surface area contributed by atoms with Crippen molar-refractivity contribution in [3.05, 3.63) is 41.2 Å². The summed E-state index contributed by atoms with van der Waals surface area (Å²) in [7, 11) is 2.88. The largest absolute Gasteiger partial charge is 0.496 e. The molecule has 1 N–H and O–H groups in total. The van der Waals surface area contributed by atoms with E-state index >= 15 is 0 Å². The molecule has 1 heterocycles. The van der Waals surface area contributed by atoms with Gasteiger partial charge in [0.1, 0.15) is 11.5 Å². The Morgan fingerprint density at radius 1 is 1.17 bits per heavy atom. The lowest BCUT2D eigenvalue weighted by atomic mass is 9.98. The molecule has 0 fully saturated rings. The first-order valence-corrected chi connectivity index (χ1v) is 7.45. The normalized spacial score (nSPS) is 10.4. The molecule has 0 aliphatic heterocycles. The summed E-state index contributed by atoms with van der Waals surface area (Å²) < 4.78 is 15.5. The van der Waals surface area contributed by atoms with Crippen molar-refractivity contribution >= 4 is 5.97 Å². The number of nitrogens with zero attached hydrogens (tertiary/aromatic N) is 1. The van der Waals surface area contributed by atoms with E-state index in [1.165, 1.54) is 7.11 Å². The van der Waals surface area contributed by atoms with E-state index in [9.17, 15) is 9.90 Å². The molecule has 0 atom stereocenters. The molecule has 0 spiro atoms. The van der Waals surface area contributed by atoms with Gasteiger partial charge in [-0.1, -0.05) is 0 Å². The molecule has 1 aromatic heterocycles. The number of aliphatic hydroxyl groups is 1. The Balaban J connectivity index is 2.44. The molecule has 0 bridgehead atoms. The summed E-state index contributed by atoms with van der Waals surface area (Å²) in [6, 6.07) is 7.31. The zero-order chi connectivity index (χ0) is 17.7. The van der Waals surface area contributed by atoms with Gasteiger partial charge in [-0.05, 0) is 43.2 Å². The van der Waals surface area contributed by atoms with E-state index in [1.54, 1.807) is 13.2 Å². The van der Waals surface area contributed by atoms with Gasteiger partial charge in [-0.2, -0.15) is 0 Å². The Morgan fingerprint density at radius 2 is 1.92 bits per heavy atom. The van der Waals surface area contributed by atoms with Crippen molar-refractivity contribution in [2.24, 2.45) is 0 Å². The first kappa shape index (κ1) is 17.7. The quantitative estimate of drug-likeness (QED) is 0.819. The van der Waals surface area contributed by atoms with Crippen LogP contribution in [0.15, 0.2) is 24.3 Å². The predicted octanol–water partition coefficient (Wildman–Crippen LogP) is 2.42. The number of methoxy groups -OCH3 is 2. The summed E-state index contributed by atoms with van der Waals surface area (Å²) in [6.45, 7) is 3.51. The topological polar surface area (TPSA) is 77.9 Å². The molecule has 0 saturated carbocycles. The molecule has 128 valence electrons. The fourth-order valence-electron chi connectivity index (χ4n) is 2.50. The van der Waals surface area contributed by atoms with Crippen LogP contribution in [0.4, 0.5) is 0 Å². The van der Waals surface area contributed by atoms with Gasteiger partial charge in [-0.25, -0.2) is 4.79 Å². The summed E-state index contributed by atoms with van der Waals surface area (Å²) in [5.41, 5.74) is 4.12. The highest BCUT2D eigenvalue weighted by Crippen LogP contribution is 2.37. The number of ether oxygens (including phenoxy) is 3. The number of benzene rings is 1. The lowest BCUT2D eigenvalue weighted by Crippen LogP contribution is -2.12. The standard InChI is InChI=1S/C18H21NO5/c1-11-5-15(24-10-17(21)23-4)8-16(22-3)18(11)13-6-12(2)19-14(7-13)9-20/h5-8,20H,9-10H2,1-4H3. The Kier molecular flexibility index (Phi) is 5.76. The number of rotatable bonds is 6. The molecule has 0 amide bonds. The number of aliphatic hydroxyl groups excluding tert-OH is 1. The van der Waals surface area contributed by atoms with Gasteiger partial charge in [0.15, 0.2) is 6.61 Å². The Hall–Kier alpha value is -2.60. The van der Waals surface area contributed by atoms with Crippen LogP contribution in [-0.4, -0.2) is 36.9 Å². The van der Waals surface area contributed by atoms with Crippen molar-refractivity contribution in [1.82, 2.24) is 4.98 Å². The molecule has 0 saturated heterocycles. The van der Waals surface area contributed by atoms with Crippen LogP contribution in [0.2, 0.25) is 0 Å². The van der Waals surface area contributed by atoms with E-state index in [0.717, 1.165) is 22.4 Å². The summed E-state index contributed by atoms with van der Waals surface area (Å²) in [4.78, 5) is 15.5.